The molecular weight excluding hydrogens is 402 g/mol. The van der Waals surface area contributed by atoms with Gasteiger partial charge < -0.3 is 10.6 Å². The van der Waals surface area contributed by atoms with Gasteiger partial charge in [0, 0.05) is 32.7 Å². The van der Waals surface area contributed by atoms with Crippen molar-refractivity contribution in [2.45, 2.75) is 39.5 Å². The third-order valence-electron chi connectivity index (χ3n) is 4.54. The Morgan fingerprint density at radius 3 is 2.15 bits per heavy atom. The lowest BCUT2D eigenvalue weighted by Crippen LogP contribution is -2.56. The highest BCUT2D eigenvalue weighted by Gasteiger charge is 2.33. The van der Waals surface area contributed by atoms with E-state index >= 15 is 0 Å². The smallest absolute Gasteiger partial charge is 0.339 e. The second-order valence-corrected chi connectivity index (χ2v) is 7.64. The summed E-state index contributed by atoms with van der Waals surface area (Å²) in [4.78, 5) is 16.2. The van der Waals surface area contributed by atoms with E-state index in [1.54, 1.807) is 11.0 Å². The molecule has 9 heteroatoms. The number of benzene rings is 1. The lowest BCUT2D eigenvalue weighted by Gasteiger charge is -2.38. The zero-order chi connectivity index (χ0) is 18.8. The summed E-state index contributed by atoms with van der Waals surface area (Å²) in [6.07, 6.45) is -4.33. The first kappa shape index (κ1) is 26.0. The van der Waals surface area contributed by atoms with Gasteiger partial charge in [-0.1, -0.05) is 39.0 Å². The van der Waals surface area contributed by atoms with Gasteiger partial charge in [0.05, 0.1) is 11.6 Å². The fourth-order valence-electron chi connectivity index (χ4n) is 2.80. The molecule has 27 heavy (non-hydrogen) atoms. The Morgan fingerprint density at radius 1 is 1.11 bits per heavy atom. The molecule has 0 aromatic heterocycles. The molecule has 4 nitrogen and oxygen atoms in total. The van der Waals surface area contributed by atoms with Crippen molar-refractivity contribution in [3.63, 3.8) is 0 Å². The van der Waals surface area contributed by atoms with E-state index in [0.717, 1.165) is 6.07 Å². The van der Waals surface area contributed by atoms with E-state index in [4.69, 9.17) is 5.73 Å². The number of nitrogens with zero attached hydrogens (tertiary/aromatic N) is 2. The van der Waals surface area contributed by atoms with Crippen molar-refractivity contribution < 1.29 is 18.0 Å². The number of rotatable bonds is 3. The van der Waals surface area contributed by atoms with Crippen molar-refractivity contribution >= 4 is 30.7 Å². The third kappa shape index (κ3) is 7.14. The number of hydrogen-bond acceptors (Lipinski definition) is 3. The second-order valence-electron chi connectivity index (χ2n) is 7.64. The van der Waals surface area contributed by atoms with E-state index in [1.165, 1.54) is 12.1 Å². The van der Waals surface area contributed by atoms with Crippen LogP contribution in [0, 0.1) is 5.41 Å². The van der Waals surface area contributed by atoms with Crippen LogP contribution in [0.5, 0.6) is 0 Å². The molecule has 0 aliphatic carbocycles. The molecule has 2 rings (SSSR count). The second kappa shape index (κ2) is 9.96. The quantitative estimate of drug-likeness (QED) is 0.798. The van der Waals surface area contributed by atoms with E-state index in [9.17, 15) is 18.0 Å². The molecule has 0 bridgehead atoms. The molecule has 1 saturated heterocycles. The fraction of sp³-hybridized carbons (Fsp3) is 0.611. The van der Waals surface area contributed by atoms with Gasteiger partial charge in [0.25, 0.3) is 0 Å². The van der Waals surface area contributed by atoms with Crippen LogP contribution in [0.2, 0.25) is 0 Å². The van der Waals surface area contributed by atoms with Gasteiger partial charge in [-0.3, -0.25) is 9.69 Å². The van der Waals surface area contributed by atoms with Crippen molar-refractivity contribution in [2.24, 2.45) is 11.1 Å². The largest absolute Gasteiger partial charge is 0.416 e. The third-order valence-corrected chi connectivity index (χ3v) is 4.54. The van der Waals surface area contributed by atoms with E-state index in [2.05, 4.69) is 4.90 Å². The summed E-state index contributed by atoms with van der Waals surface area (Å²) in [5.41, 5.74) is 5.73. The van der Waals surface area contributed by atoms with Crippen molar-refractivity contribution in [3.05, 3.63) is 35.4 Å². The molecule has 2 N–H and O–H groups in total. The maximum atomic E-state index is 12.8. The van der Waals surface area contributed by atoms with E-state index in [1.807, 2.05) is 20.8 Å². The highest BCUT2D eigenvalue weighted by atomic mass is 35.5. The maximum Gasteiger partial charge on any atom is 0.416 e. The van der Waals surface area contributed by atoms with Crippen LogP contribution in [-0.4, -0.2) is 47.9 Å². The molecule has 1 atom stereocenters. The molecule has 1 aromatic carbocycles. The molecule has 0 saturated carbocycles. The summed E-state index contributed by atoms with van der Waals surface area (Å²) in [5, 5.41) is 0. The van der Waals surface area contributed by atoms with Crippen LogP contribution >= 0.6 is 24.8 Å². The van der Waals surface area contributed by atoms with Crippen LogP contribution in [0.15, 0.2) is 24.3 Å². The summed E-state index contributed by atoms with van der Waals surface area (Å²) in [7, 11) is 0. The molecule has 156 valence electrons. The first-order valence-corrected chi connectivity index (χ1v) is 8.41. The lowest BCUT2D eigenvalue weighted by atomic mass is 9.86. The molecule has 0 spiro atoms. The Hall–Kier alpha value is -1.02. The van der Waals surface area contributed by atoms with E-state index in [0.29, 0.717) is 38.3 Å². The minimum atomic E-state index is -4.33. The summed E-state index contributed by atoms with van der Waals surface area (Å²) >= 11 is 0. The molecule has 0 radical (unpaired) electrons. The first-order chi connectivity index (χ1) is 11.5. The van der Waals surface area contributed by atoms with Crippen LogP contribution in [0.3, 0.4) is 0 Å². The summed E-state index contributed by atoms with van der Waals surface area (Å²) in [6.45, 7) is 8.57. The Labute approximate surface area is 171 Å². The molecule has 1 amide bonds. The maximum absolute atomic E-state index is 12.8. The van der Waals surface area contributed by atoms with Crippen LogP contribution in [-0.2, 0) is 17.5 Å². The van der Waals surface area contributed by atoms with Gasteiger partial charge in [-0.05, 0) is 17.0 Å². The van der Waals surface area contributed by atoms with Crippen LogP contribution in [0.4, 0.5) is 13.2 Å². The number of piperazine rings is 1. The average molecular weight is 430 g/mol. The standard InChI is InChI=1S/C18H26F3N3O.2ClH/c1-17(2,3)15(22)16(25)24-9-7-23(8-10-24)12-13-5-4-6-14(11-13)18(19,20)21;;/h4-6,11,15H,7-10,12,22H2,1-3H3;2*1H/t15-;;/m1../s1. The summed E-state index contributed by atoms with van der Waals surface area (Å²) in [6, 6.07) is 4.84. The summed E-state index contributed by atoms with van der Waals surface area (Å²) in [5.74, 6) is -0.0637. The van der Waals surface area contributed by atoms with E-state index < -0.39 is 17.8 Å². The minimum absolute atomic E-state index is 0. The van der Waals surface area contributed by atoms with Gasteiger partial charge in [0.15, 0.2) is 0 Å². The number of carbonyl (C=O) groups excluding carboxylic acids is 1. The monoisotopic (exact) mass is 429 g/mol. The number of nitrogens with two attached hydrogens (primary N) is 1. The van der Waals surface area contributed by atoms with Crippen molar-refractivity contribution in [3.8, 4) is 0 Å². The van der Waals surface area contributed by atoms with Crippen molar-refractivity contribution in [1.29, 1.82) is 0 Å². The zero-order valence-corrected chi connectivity index (χ0v) is 17.4. The van der Waals surface area contributed by atoms with Crippen molar-refractivity contribution in [1.82, 2.24) is 9.80 Å². The number of alkyl halides is 3. The summed E-state index contributed by atoms with van der Waals surface area (Å²) < 4.78 is 38.4. The van der Waals surface area contributed by atoms with Crippen molar-refractivity contribution in [2.75, 3.05) is 26.2 Å². The molecule has 1 aliphatic rings. The number of halogens is 5. The minimum Gasteiger partial charge on any atom is -0.339 e. The van der Waals surface area contributed by atoms with Gasteiger partial charge in [0.2, 0.25) is 5.91 Å². The number of amides is 1. The fourth-order valence-corrected chi connectivity index (χ4v) is 2.80. The number of hydrogen-bond donors (Lipinski definition) is 1. The molecule has 1 fully saturated rings. The van der Waals surface area contributed by atoms with Crippen LogP contribution in [0.25, 0.3) is 0 Å². The Morgan fingerprint density at radius 2 is 1.67 bits per heavy atom. The van der Waals surface area contributed by atoms with Crippen LogP contribution < -0.4 is 5.73 Å². The first-order valence-electron chi connectivity index (χ1n) is 8.41. The van der Waals surface area contributed by atoms with Gasteiger partial charge >= 0.3 is 6.18 Å². The Kier molecular flexibility index (Phi) is 9.58. The van der Waals surface area contributed by atoms with Gasteiger partial charge in [-0.15, -0.1) is 24.8 Å². The van der Waals surface area contributed by atoms with Gasteiger partial charge in [-0.2, -0.15) is 13.2 Å². The molecule has 1 aromatic rings. The predicted molar refractivity (Wildman–Crippen MR) is 105 cm³/mol. The molecule has 0 unspecified atom stereocenters. The molecule has 1 aliphatic heterocycles. The predicted octanol–water partition coefficient (Wildman–Crippen LogP) is 3.57. The SMILES string of the molecule is CC(C)(C)[C@H](N)C(=O)N1CCN(Cc2cccc(C(F)(F)F)c2)CC1.Cl.Cl. The highest BCUT2D eigenvalue weighted by Crippen LogP contribution is 2.29. The Bertz CT molecular complexity index is 613. The van der Waals surface area contributed by atoms with Crippen LogP contribution in [0.1, 0.15) is 31.9 Å². The topological polar surface area (TPSA) is 49.6 Å². The average Bonchev–Trinajstić information content (AvgIpc) is 2.53. The van der Waals surface area contributed by atoms with Gasteiger partial charge in [0.1, 0.15) is 0 Å². The lowest BCUT2D eigenvalue weighted by molar-refractivity contribution is -0.138. The van der Waals surface area contributed by atoms with E-state index in [-0.39, 0.29) is 36.1 Å². The Balaban J connectivity index is 0.00000338. The zero-order valence-electron chi connectivity index (χ0n) is 15.8. The normalized spacial score (nSPS) is 16.9. The molecule has 1 heterocycles. The van der Waals surface area contributed by atoms with Gasteiger partial charge in [-0.25, -0.2) is 0 Å². The highest BCUT2D eigenvalue weighted by molar-refractivity contribution is 5.85. The molecular formula is C18H28Cl2F3N3O. The number of carbonyl (C=O) groups is 1.